The summed E-state index contributed by atoms with van der Waals surface area (Å²) in [5.74, 6) is 0.910. The first-order chi connectivity index (χ1) is 8.69. The molecule has 1 aliphatic rings. The summed E-state index contributed by atoms with van der Waals surface area (Å²) in [6.45, 7) is 4.84. The largest absolute Gasteiger partial charge is 0.491 e. The van der Waals surface area contributed by atoms with Gasteiger partial charge >= 0.3 is 0 Å². The van der Waals surface area contributed by atoms with E-state index in [-0.39, 0.29) is 5.91 Å². The van der Waals surface area contributed by atoms with Crippen LogP contribution in [0.1, 0.15) is 33.1 Å². The fourth-order valence-corrected chi connectivity index (χ4v) is 1.98. The van der Waals surface area contributed by atoms with Crippen molar-refractivity contribution in [3.63, 3.8) is 0 Å². The van der Waals surface area contributed by atoms with Gasteiger partial charge in [-0.15, -0.1) is 0 Å². The van der Waals surface area contributed by atoms with Gasteiger partial charge in [-0.3, -0.25) is 4.79 Å². The lowest BCUT2D eigenvalue weighted by Crippen LogP contribution is -2.15. The first kappa shape index (κ1) is 12.7. The molecule has 1 atom stereocenters. The van der Waals surface area contributed by atoms with Gasteiger partial charge < -0.3 is 15.4 Å². The molecule has 0 spiro atoms. The van der Waals surface area contributed by atoms with Crippen LogP contribution >= 0.6 is 0 Å². The number of carbonyl (C=O) groups excluding carboxylic acids is 1. The Labute approximate surface area is 108 Å². The second kappa shape index (κ2) is 5.76. The predicted molar refractivity (Wildman–Crippen MR) is 73.2 cm³/mol. The van der Waals surface area contributed by atoms with E-state index in [1.165, 1.54) is 0 Å². The Morgan fingerprint density at radius 1 is 1.56 bits per heavy atom. The minimum absolute atomic E-state index is 0.0556. The van der Waals surface area contributed by atoms with Crippen molar-refractivity contribution in [1.82, 2.24) is 0 Å². The van der Waals surface area contributed by atoms with E-state index in [9.17, 15) is 4.79 Å². The minimum atomic E-state index is 0.0556. The molecular formula is C14H20N2O2. The highest BCUT2D eigenvalue weighted by Gasteiger charge is 2.13. The Balaban J connectivity index is 2.13. The molecule has 1 aromatic carbocycles. The van der Waals surface area contributed by atoms with Crippen LogP contribution in [0.4, 0.5) is 11.4 Å². The number of carbonyl (C=O) groups is 1. The highest BCUT2D eigenvalue weighted by molar-refractivity contribution is 5.91. The van der Waals surface area contributed by atoms with E-state index in [2.05, 4.69) is 17.6 Å². The van der Waals surface area contributed by atoms with Crippen molar-refractivity contribution in [2.24, 2.45) is 0 Å². The van der Waals surface area contributed by atoms with Crippen molar-refractivity contribution < 1.29 is 9.53 Å². The van der Waals surface area contributed by atoms with Gasteiger partial charge in [0.2, 0.25) is 5.91 Å². The van der Waals surface area contributed by atoms with Crippen LogP contribution < -0.4 is 15.4 Å². The van der Waals surface area contributed by atoms with Crippen LogP contribution in [0.25, 0.3) is 0 Å². The number of anilines is 2. The van der Waals surface area contributed by atoms with Crippen LogP contribution in [-0.2, 0) is 4.79 Å². The van der Waals surface area contributed by atoms with E-state index in [1.54, 1.807) is 0 Å². The molecule has 1 amide bonds. The summed E-state index contributed by atoms with van der Waals surface area (Å²) in [4.78, 5) is 11.6. The zero-order chi connectivity index (χ0) is 13.0. The van der Waals surface area contributed by atoms with Gasteiger partial charge in [-0.25, -0.2) is 0 Å². The quantitative estimate of drug-likeness (QED) is 0.864. The number of rotatable bonds is 3. The van der Waals surface area contributed by atoms with Gasteiger partial charge in [-0.05, 0) is 31.5 Å². The monoisotopic (exact) mass is 248 g/mol. The van der Waals surface area contributed by atoms with Gasteiger partial charge in [0.15, 0.2) is 0 Å². The summed E-state index contributed by atoms with van der Waals surface area (Å²) in [6.07, 6.45) is 2.39. The van der Waals surface area contributed by atoms with Crippen molar-refractivity contribution in [3.8, 4) is 5.75 Å². The molecule has 0 aliphatic carbocycles. The fraction of sp³-hybridized carbons (Fsp3) is 0.500. The van der Waals surface area contributed by atoms with Crippen LogP contribution in [0.3, 0.4) is 0 Å². The molecular weight excluding hydrogens is 228 g/mol. The lowest BCUT2D eigenvalue weighted by atomic mass is 10.2. The summed E-state index contributed by atoms with van der Waals surface area (Å²) in [5.41, 5.74) is 1.77. The first-order valence-corrected chi connectivity index (χ1v) is 6.52. The van der Waals surface area contributed by atoms with E-state index in [0.29, 0.717) is 12.5 Å². The SMILES string of the molecule is CCCC(=O)Nc1ccc2c(c1)NC(C)CCO2. The van der Waals surface area contributed by atoms with Gasteiger partial charge in [0, 0.05) is 24.6 Å². The predicted octanol–water partition coefficient (Wildman–Crippen LogP) is 3.01. The lowest BCUT2D eigenvalue weighted by Gasteiger charge is -2.13. The number of ether oxygens (including phenoxy) is 1. The Bertz CT molecular complexity index is 432. The first-order valence-electron chi connectivity index (χ1n) is 6.52. The molecule has 18 heavy (non-hydrogen) atoms. The molecule has 2 N–H and O–H groups in total. The Kier molecular flexibility index (Phi) is 4.07. The summed E-state index contributed by atoms with van der Waals surface area (Å²) < 4.78 is 5.65. The van der Waals surface area contributed by atoms with Gasteiger partial charge in [0.25, 0.3) is 0 Å². The van der Waals surface area contributed by atoms with Crippen molar-refractivity contribution in [3.05, 3.63) is 18.2 Å². The summed E-state index contributed by atoms with van der Waals surface area (Å²) in [7, 11) is 0. The number of hydrogen-bond acceptors (Lipinski definition) is 3. The molecule has 1 heterocycles. The average molecular weight is 248 g/mol. The molecule has 0 radical (unpaired) electrons. The second-order valence-corrected chi connectivity index (χ2v) is 4.69. The molecule has 2 rings (SSSR count). The Morgan fingerprint density at radius 2 is 2.39 bits per heavy atom. The van der Waals surface area contributed by atoms with Crippen LogP contribution in [-0.4, -0.2) is 18.6 Å². The number of fused-ring (bicyclic) bond motifs is 1. The minimum Gasteiger partial charge on any atom is -0.491 e. The zero-order valence-electron chi connectivity index (χ0n) is 11.0. The maximum absolute atomic E-state index is 11.6. The molecule has 0 saturated heterocycles. The number of nitrogens with one attached hydrogen (secondary N) is 2. The molecule has 1 unspecified atom stereocenters. The van der Waals surface area contributed by atoms with Gasteiger partial charge in [0.1, 0.15) is 5.75 Å². The third kappa shape index (κ3) is 3.15. The Hall–Kier alpha value is -1.71. The van der Waals surface area contributed by atoms with Gasteiger partial charge in [0.05, 0.1) is 12.3 Å². The average Bonchev–Trinajstić information content (AvgIpc) is 2.49. The van der Waals surface area contributed by atoms with Crippen LogP contribution in [0, 0.1) is 0 Å². The zero-order valence-corrected chi connectivity index (χ0v) is 11.0. The van der Waals surface area contributed by atoms with E-state index < -0.39 is 0 Å². The molecule has 0 fully saturated rings. The van der Waals surface area contributed by atoms with E-state index in [1.807, 2.05) is 25.1 Å². The van der Waals surface area contributed by atoms with Crippen molar-refractivity contribution in [1.29, 1.82) is 0 Å². The molecule has 0 bridgehead atoms. The maximum Gasteiger partial charge on any atom is 0.224 e. The van der Waals surface area contributed by atoms with Crippen molar-refractivity contribution in [2.75, 3.05) is 17.2 Å². The third-order valence-electron chi connectivity index (χ3n) is 2.95. The molecule has 1 aromatic rings. The van der Waals surface area contributed by atoms with Crippen molar-refractivity contribution in [2.45, 2.75) is 39.2 Å². The second-order valence-electron chi connectivity index (χ2n) is 4.69. The smallest absolute Gasteiger partial charge is 0.224 e. The highest BCUT2D eigenvalue weighted by atomic mass is 16.5. The van der Waals surface area contributed by atoms with Crippen molar-refractivity contribution >= 4 is 17.3 Å². The maximum atomic E-state index is 11.6. The normalized spacial score (nSPS) is 18.0. The molecule has 4 heteroatoms. The molecule has 4 nitrogen and oxygen atoms in total. The topological polar surface area (TPSA) is 50.4 Å². The fourth-order valence-electron chi connectivity index (χ4n) is 1.98. The highest BCUT2D eigenvalue weighted by Crippen LogP contribution is 2.31. The van der Waals surface area contributed by atoms with Crippen LogP contribution in [0.5, 0.6) is 5.75 Å². The molecule has 0 aromatic heterocycles. The van der Waals surface area contributed by atoms with E-state index in [4.69, 9.17) is 4.74 Å². The third-order valence-corrected chi connectivity index (χ3v) is 2.95. The summed E-state index contributed by atoms with van der Waals surface area (Å²) in [6, 6.07) is 6.10. The lowest BCUT2D eigenvalue weighted by molar-refractivity contribution is -0.116. The van der Waals surface area contributed by atoms with E-state index in [0.717, 1.165) is 36.6 Å². The number of hydrogen-bond donors (Lipinski definition) is 2. The number of benzene rings is 1. The number of amides is 1. The summed E-state index contributed by atoms with van der Waals surface area (Å²) >= 11 is 0. The molecule has 1 aliphatic heterocycles. The van der Waals surface area contributed by atoms with Crippen LogP contribution in [0.15, 0.2) is 18.2 Å². The Morgan fingerprint density at radius 3 is 3.17 bits per heavy atom. The molecule has 0 saturated carbocycles. The van der Waals surface area contributed by atoms with Crippen LogP contribution in [0.2, 0.25) is 0 Å². The molecule has 98 valence electrons. The van der Waals surface area contributed by atoms with Gasteiger partial charge in [-0.2, -0.15) is 0 Å². The summed E-state index contributed by atoms with van der Waals surface area (Å²) in [5, 5.41) is 6.29. The van der Waals surface area contributed by atoms with Gasteiger partial charge in [-0.1, -0.05) is 6.92 Å². The van der Waals surface area contributed by atoms with E-state index >= 15 is 0 Å². The standard InChI is InChI=1S/C14H20N2O2/c1-3-4-14(17)16-11-5-6-13-12(9-11)15-10(2)7-8-18-13/h5-6,9-10,15H,3-4,7-8H2,1-2H3,(H,16,17).